The van der Waals surface area contributed by atoms with Gasteiger partial charge in [0.05, 0.1) is 0 Å². The first-order valence-electron chi connectivity index (χ1n) is 32.1. The molecule has 75 heavy (non-hydrogen) atoms. The van der Waals surface area contributed by atoms with Gasteiger partial charge in [-0.25, -0.2) is 0 Å². The van der Waals surface area contributed by atoms with E-state index < -0.39 is 6.10 Å². The van der Waals surface area contributed by atoms with Crippen LogP contribution in [0.3, 0.4) is 0 Å². The minimum atomic E-state index is -0.792. The summed E-state index contributed by atoms with van der Waals surface area (Å²) in [6.07, 6.45) is 83.0. The predicted molar refractivity (Wildman–Crippen MR) is 325 cm³/mol. The molecule has 0 aromatic carbocycles. The van der Waals surface area contributed by atoms with Crippen molar-refractivity contribution in [1.82, 2.24) is 0 Å². The van der Waals surface area contributed by atoms with Crippen molar-refractivity contribution in [3.63, 3.8) is 0 Å². The maximum absolute atomic E-state index is 12.9. The van der Waals surface area contributed by atoms with Gasteiger partial charge in [0, 0.05) is 19.3 Å². The van der Waals surface area contributed by atoms with Crippen molar-refractivity contribution >= 4 is 17.9 Å². The summed E-state index contributed by atoms with van der Waals surface area (Å²) in [5.74, 6) is -0.909. The SMILES string of the molecule is CC/C=C\C/C=C\C/C=C\C/C=C\C/C=C\CCCCCC(=O)OC[C@H](COC(=O)CCCCCCCCCCC/C=C\C/C=C\CCCCC)OC(=O)CCCCCCCCCCCCCCCCCCCCC. The van der Waals surface area contributed by atoms with Crippen molar-refractivity contribution in [2.45, 2.75) is 322 Å². The first-order valence-corrected chi connectivity index (χ1v) is 32.1. The summed E-state index contributed by atoms with van der Waals surface area (Å²) in [7, 11) is 0. The number of hydrogen-bond donors (Lipinski definition) is 0. The minimum absolute atomic E-state index is 0.0870. The Morgan fingerprint density at radius 2 is 0.520 bits per heavy atom. The fourth-order valence-electron chi connectivity index (χ4n) is 9.09. The smallest absolute Gasteiger partial charge is 0.306 e. The molecule has 0 amide bonds. The number of rotatable bonds is 58. The molecule has 0 unspecified atom stereocenters. The predicted octanol–water partition coefficient (Wildman–Crippen LogP) is 21.9. The number of ether oxygens (including phenoxy) is 3. The molecule has 0 saturated heterocycles. The molecule has 0 aromatic rings. The van der Waals surface area contributed by atoms with Crippen LogP contribution in [0, 0.1) is 0 Å². The zero-order valence-electron chi connectivity index (χ0n) is 49.6. The molecule has 1 atom stereocenters. The Morgan fingerprint density at radius 3 is 0.853 bits per heavy atom. The van der Waals surface area contributed by atoms with Crippen LogP contribution in [0.2, 0.25) is 0 Å². The Balaban J connectivity index is 4.42. The van der Waals surface area contributed by atoms with Crippen LogP contribution in [-0.4, -0.2) is 37.2 Å². The van der Waals surface area contributed by atoms with Gasteiger partial charge in [-0.2, -0.15) is 0 Å². The molecule has 0 fully saturated rings. The first kappa shape index (κ1) is 71.6. The summed E-state index contributed by atoms with van der Waals surface area (Å²) in [5.41, 5.74) is 0. The number of allylic oxidation sites excluding steroid dienone is 14. The van der Waals surface area contributed by atoms with E-state index in [1.807, 2.05) is 0 Å². The summed E-state index contributed by atoms with van der Waals surface area (Å²) in [6.45, 7) is 6.51. The second kappa shape index (κ2) is 63.1. The van der Waals surface area contributed by atoms with E-state index in [-0.39, 0.29) is 31.1 Å². The third-order valence-electron chi connectivity index (χ3n) is 13.9. The molecule has 0 aromatic heterocycles. The molecule has 0 bridgehead atoms. The Morgan fingerprint density at radius 1 is 0.280 bits per heavy atom. The van der Waals surface area contributed by atoms with Crippen LogP contribution in [0.25, 0.3) is 0 Å². The summed E-state index contributed by atoms with van der Waals surface area (Å²) in [4.78, 5) is 38.3. The molecule has 6 nitrogen and oxygen atoms in total. The second-order valence-electron chi connectivity index (χ2n) is 21.3. The van der Waals surface area contributed by atoms with Crippen LogP contribution in [0.15, 0.2) is 85.1 Å². The zero-order valence-corrected chi connectivity index (χ0v) is 49.6. The number of unbranched alkanes of at least 4 members (excludes halogenated alkanes) is 33. The fourth-order valence-corrected chi connectivity index (χ4v) is 9.09. The topological polar surface area (TPSA) is 78.9 Å². The van der Waals surface area contributed by atoms with E-state index in [1.54, 1.807) is 0 Å². The number of esters is 3. The normalized spacial score (nSPS) is 12.6. The van der Waals surface area contributed by atoms with Crippen LogP contribution >= 0.6 is 0 Å². The van der Waals surface area contributed by atoms with Crippen LogP contribution in [0.1, 0.15) is 316 Å². The lowest BCUT2D eigenvalue weighted by molar-refractivity contribution is -0.167. The van der Waals surface area contributed by atoms with Gasteiger partial charge in [0.1, 0.15) is 13.2 Å². The Kier molecular flexibility index (Phi) is 60.3. The van der Waals surface area contributed by atoms with E-state index in [4.69, 9.17) is 14.2 Å². The van der Waals surface area contributed by atoms with Gasteiger partial charge in [-0.3, -0.25) is 14.4 Å². The molecular weight excluding hydrogens is 925 g/mol. The van der Waals surface area contributed by atoms with Gasteiger partial charge in [-0.15, -0.1) is 0 Å². The molecule has 0 radical (unpaired) electrons. The van der Waals surface area contributed by atoms with Gasteiger partial charge in [-0.1, -0.05) is 286 Å². The largest absolute Gasteiger partial charge is 0.462 e. The van der Waals surface area contributed by atoms with Gasteiger partial charge in [0.2, 0.25) is 0 Å². The fraction of sp³-hybridized carbons (Fsp3) is 0.754. The van der Waals surface area contributed by atoms with Gasteiger partial charge in [0.25, 0.3) is 0 Å². The molecule has 0 heterocycles. The van der Waals surface area contributed by atoms with Crippen LogP contribution in [0.5, 0.6) is 0 Å². The minimum Gasteiger partial charge on any atom is -0.462 e. The first-order chi connectivity index (χ1) is 37.0. The van der Waals surface area contributed by atoms with Crippen molar-refractivity contribution in [2.75, 3.05) is 13.2 Å². The van der Waals surface area contributed by atoms with Crippen molar-refractivity contribution in [3.05, 3.63) is 85.1 Å². The molecule has 432 valence electrons. The highest BCUT2D eigenvalue weighted by Crippen LogP contribution is 2.17. The van der Waals surface area contributed by atoms with Crippen LogP contribution < -0.4 is 0 Å². The molecule has 0 rings (SSSR count). The highest BCUT2D eigenvalue weighted by Gasteiger charge is 2.19. The second-order valence-corrected chi connectivity index (χ2v) is 21.3. The van der Waals surface area contributed by atoms with Crippen molar-refractivity contribution in [2.24, 2.45) is 0 Å². The molecule has 0 spiro atoms. The monoisotopic (exact) mass is 1040 g/mol. The third kappa shape index (κ3) is 61.3. The standard InChI is InChI=1S/C69H120O6/c1-4-7-10-13-16-19-22-25-28-31-34-37-40-43-46-49-52-55-58-61-67(70)73-64-66(75-69(72)63-60-57-54-51-48-45-42-39-36-33-30-27-24-21-18-15-12-9-6-3)65-74-68(71)62-59-56-53-50-47-44-41-38-35-32-29-26-23-20-17-14-11-8-5-2/h7,10,16-17,19-20,25-26,28-29,34,37,43,46,66H,4-6,8-9,11-15,18,21-24,27,30-33,35-36,38-42,44-45,47-65H2,1-3H3/b10-7-,19-16-,20-17-,28-25-,29-26-,37-34-,46-43-/t66-/m1/s1. The number of carbonyl (C=O) groups excluding carboxylic acids is 3. The zero-order chi connectivity index (χ0) is 54.3. The maximum Gasteiger partial charge on any atom is 0.306 e. The van der Waals surface area contributed by atoms with E-state index in [0.29, 0.717) is 19.3 Å². The number of carbonyl (C=O) groups is 3. The van der Waals surface area contributed by atoms with Crippen LogP contribution in [-0.2, 0) is 28.6 Å². The molecule has 0 saturated carbocycles. The summed E-state index contributed by atoms with van der Waals surface area (Å²) in [5, 5.41) is 0. The number of hydrogen-bond acceptors (Lipinski definition) is 6. The van der Waals surface area contributed by atoms with E-state index in [0.717, 1.165) is 103 Å². The molecule has 6 heteroatoms. The summed E-state index contributed by atoms with van der Waals surface area (Å²) >= 11 is 0. The van der Waals surface area contributed by atoms with Crippen LogP contribution in [0.4, 0.5) is 0 Å². The average molecular weight is 1050 g/mol. The Hall–Kier alpha value is -3.41. The van der Waals surface area contributed by atoms with E-state index in [9.17, 15) is 14.4 Å². The lowest BCUT2D eigenvalue weighted by Gasteiger charge is -2.18. The Labute approximate surface area is 465 Å². The quantitative estimate of drug-likeness (QED) is 0.0261. The lowest BCUT2D eigenvalue weighted by atomic mass is 10.0. The van der Waals surface area contributed by atoms with E-state index in [1.165, 1.54) is 173 Å². The van der Waals surface area contributed by atoms with Crippen molar-refractivity contribution in [3.8, 4) is 0 Å². The van der Waals surface area contributed by atoms with E-state index >= 15 is 0 Å². The van der Waals surface area contributed by atoms with Crippen molar-refractivity contribution in [1.29, 1.82) is 0 Å². The highest BCUT2D eigenvalue weighted by atomic mass is 16.6. The molecule has 0 aliphatic heterocycles. The van der Waals surface area contributed by atoms with Crippen molar-refractivity contribution < 1.29 is 28.6 Å². The van der Waals surface area contributed by atoms with Gasteiger partial charge >= 0.3 is 17.9 Å². The van der Waals surface area contributed by atoms with E-state index in [2.05, 4.69) is 106 Å². The lowest BCUT2D eigenvalue weighted by Crippen LogP contribution is -2.30. The highest BCUT2D eigenvalue weighted by molar-refractivity contribution is 5.71. The van der Waals surface area contributed by atoms with Gasteiger partial charge in [-0.05, 0) is 96.3 Å². The molecule has 0 aliphatic carbocycles. The third-order valence-corrected chi connectivity index (χ3v) is 13.9. The molecule has 0 N–H and O–H groups in total. The average Bonchev–Trinajstić information content (AvgIpc) is 3.41. The van der Waals surface area contributed by atoms with Gasteiger partial charge in [0.15, 0.2) is 6.10 Å². The summed E-state index contributed by atoms with van der Waals surface area (Å²) < 4.78 is 16.9. The maximum atomic E-state index is 12.9. The Bertz CT molecular complexity index is 1430. The molecule has 0 aliphatic rings. The summed E-state index contributed by atoms with van der Waals surface area (Å²) in [6, 6.07) is 0. The van der Waals surface area contributed by atoms with Gasteiger partial charge < -0.3 is 14.2 Å². The molecular formula is C69H120O6.